The first-order chi connectivity index (χ1) is 5.73. The highest BCUT2D eigenvalue weighted by molar-refractivity contribution is 6.73. The highest BCUT2D eigenvalue weighted by atomic mass is 28.4. The van der Waals surface area contributed by atoms with E-state index in [2.05, 4.69) is 13.8 Å². The first kappa shape index (κ1) is 10.3. The van der Waals surface area contributed by atoms with E-state index in [4.69, 9.17) is 0 Å². The molecule has 0 heterocycles. The van der Waals surface area contributed by atoms with Crippen LogP contribution in [0.2, 0.25) is 17.6 Å². The Hall–Kier alpha value is 0.177. The summed E-state index contributed by atoms with van der Waals surface area (Å²) in [5, 5.41) is 0. The van der Waals surface area contributed by atoms with Crippen molar-refractivity contribution in [1.29, 1.82) is 0 Å². The second-order valence-electron chi connectivity index (χ2n) is 4.11. The lowest BCUT2D eigenvalue weighted by Gasteiger charge is -2.32. The average Bonchev–Trinajstić information content (AvgIpc) is 2.18. The van der Waals surface area contributed by atoms with Gasteiger partial charge in [-0.25, -0.2) is 0 Å². The van der Waals surface area contributed by atoms with Gasteiger partial charge in [0.2, 0.25) is 8.32 Å². The van der Waals surface area contributed by atoms with Crippen LogP contribution >= 0.6 is 0 Å². The molecular weight excluding hydrogens is 164 g/mol. The van der Waals surface area contributed by atoms with Crippen molar-refractivity contribution in [1.82, 2.24) is 0 Å². The van der Waals surface area contributed by atoms with Crippen molar-refractivity contribution >= 4 is 8.32 Å². The van der Waals surface area contributed by atoms with Crippen molar-refractivity contribution in [3.05, 3.63) is 0 Å². The Morgan fingerprint density at radius 3 is 2.00 bits per heavy atom. The zero-order valence-corrected chi connectivity index (χ0v) is 9.44. The van der Waals surface area contributed by atoms with E-state index in [-0.39, 0.29) is 0 Å². The van der Waals surface area contributed by atoms with E-state index in [9.17, 15) is 4.80 Å². The molecule has 1 saturated carbocycles. The van der Waals surface area contributed by atoms with E-state index in [1.54, 1.807) is 0 Å². The Morgan fingerprint density at radius 2 is 1.58 bits per heavy atom. The summed E-state index contributed by atoms with van der Waals surface area (Å²) in [6, 6.07) is 1.91. The van der Waals surface area contributed by atoms with Gasteiger partial charge >= 0.3 is 0 Å². The molecule has 12 heavy (non-hydrogen) atoms. The van der Waals surface area contributed by atoms with E-state index in [0.29, 0.717) is 5.54 Å². The summed E-state index contributed by atoms with van der Waals surface area (Å²) in [5.74, 6) is 0. The quantitative estimate of drug-likeness (QED) is 0.597. The first-order valence-electron chi connectivity index (χ1n) is 5.43. The summed E-state index contributed by atoms with van der Waals surface area (Å²) in [6.07, 6.45) is 6.51. The van der Waals surface area contributed by atoms with Gasteiger partial charge in [0.25, 0.3) is 0 Å². The molecule has 0 atom stereocenters. The second kappa shape index (κ2) is 4.42. The van der Waals surface area contributed by atoms with E-state index in [1.807, 2.05) is 0 Å². The topological polar surface area (TPSA) is 19.9 Å². The predicted octanol–water partition coefficient (Wildman–Crippen LogP) is 3.74. The third-order valence-electron chi connectivity index (χ3n) is 3.55. The molecule has 0 aromatic heterocycles. The van der Waals surface area contributed by atoms with Crippen LogP contribution < -0.4 is 0 Å². The molecule has 1 aliphatic rings. The normalized spacial score (nSPS) is 21.2. The minimum atomic E-state index is -2.05. The maximum atomic E-state index is 12.3. The van der Waals surface area contributed by atoms with Crippen LogP contribution in [0.3, 0.4) is 0 Å². The molecule has 0 N–H and O–H groups in total. The molecular formula is C10H21OSi. The van der Waals surface area contributed by atoms with Crippen molar-refractivity contribution in [2.75, 3.05) is 0 Å². The molecule has 0 aromatic carbocycles. The highest BCUT2D eigenvalue weighted by Crippen LogP contribution is 2.39. The highest BCUT2D eigenvalue weighted by Gasteiger charge is 2.39. The number of hydrogen-bond donors (Lipinski definition) is 0. The standard InChI is InChI=1S/C10H21OSi/c1-3-12(11,4-2)10-8-6-5-7-9-10/h10H,3-9H2,1-2H3. The van der Waals surface area contributed by atoms with Crippen LogP contribution in [0.15, 0.2) is 0 Å². The van der Waals surface area contributed by atoms with Gasteiger partial charge in [-0.3, -0.25) is 4.80 Å². The molecule has 1 nitrogen and oxygen atoms in total. The van der Waals surface area contributed by atoms with Gasteiger partial charge in [0.1, 0.15) is 0 Å². The van der Waals surface area contributed by atoms with Gasteiger partial charge in [-0.15, -0.1) is 0 Å². The summed E-state index contributed by atoms with van der Waals surface area (Å²) in [6.45, 7) is 4.22. The maximum absolute atomic E-state index is 12.3. The molecule has 1 radical (unpaired) electrons. The van der Waals surface area contributed by atoms with Crippen LogP contribution in [0.1, 0.15) is 46.0 Å². The van der Waals surface area contributed by atoms with Crippen molar-refractivity contribution in [3.8, 4) is 0 Å². The van der Waals surface area contributed by atoms with Gasteiger partial charge in [0.15, 0.2) is 0 Å². The molecule has 0 amide bonds. The van der Waals surface area contributed by atoms with Crippen LogP contribution in [-0.4, -0.2) is 8.32 Å². The van der Waals surface area contributed by atoms with E-state index >= 15 is 0 Å². The number of hydrogen-bond acceptors (Lipinski definition) is 0. The van der Waals surface area contributed by atoms with Crippen molar-refractivity contribution in [2.45, 2.75) is 63.6 Å². The van der Waals surface area contributed by atoms with Crippen LogP contribution in [-0.2, 0) is 4.80 Å². The zero-order valence-electron chi connectivity index (χ0n) is 8.44. The lowest BCUT2D eigenvalue weighted by atomic mass is 10.0. The van der Waals surface area contributed by atoms with Crippen LogP contribution in [0.25, 0.3) is 0 Å². The summed E-state index contributed by atoms with van der Waals surface area (Å²) in [7, 11) is -2.05. The molecule has 1 rings (SSSR count). The van der Waals surface area contributed by atoms with Crippen molar-refractivity contribution in [3.63, 3.8) is 0 Å². The fourth-order valence-corrected chi connectivity index (χ4v) is 5.57. The fraction of sp³-hybridized carbons (Fsp3) is 1.00. The van der Waals surface area contributed by atoms with Crippen LogP contribution in [0.5, 0.6) is 0 Å². The first-order valence-corrected chi connectivity index (χ1v) is 7.83. The molecule has 0 saturated heterocycles. The van der Waals surface area contributed by atoms with Gasteiger partial charge in [-0.1, -0.05) is 46.0 Å². The monoisotopic (exact) mass is 185 g/mol. The van der Waals surface area contributed by atoms with Crippen LogP contribution in [0.4, 0.5) is 0 Å². The molecule has 1 aliphatic carbocycles. The Kier molecular flexibility index (Phi) is 3.78. The largest absolute Gasteiger partial charge is 0.297 e. The molecule has 0 aromatic rings. The average molecular weight is 185 g/mol. The summed E-state index contributed by atoms with van der Waals surface area (Å²) in [5.41, 5.74) is 0.612. The zero-order chi connectivity index (χ0) is 9.03. The second-order valence-corrected chi connectivity index (χ2v) is 8.47. The smallest absolute Gasteiger partial charge is 0.239 e. The van der Waals surface area contributed by atoms with Gasteiger partial charge in [-0.2, -0.15) is 0 Å². The van der Waals surface area contributed by atoms with E-state index < -0.39 is 8.32 Å². The minimum Gasteiger partial charge on any atom is -0.297 e. The van der Waals surface area contributed by atoms with Gasteiger partial charge in [0, 0.05) is 0 Å². The molecule has 2 heteroatoms. The van der Waals surface area contributed by atoms with Gasteiger partial charge in [-0.05, 0) is 17.6 Å². The Bertz CT molecular complexity index is 126. The number of rotatable bonds is 3. The molecule has 0 aliphatic heterocycles. The Balaban J connectivity index is 2.51. The Morgan fingerprint density at radius 1 is 1.08 bits per heavy atom. The van der Waals surface area contributed by atoms with E-state index in [1.165, 1.54) is 32.1 Å². The fourth-order valence-electron chi connectivity index (χ4n) is 2.46. The molecule has 71 valence electrons. The van der Waals surface area contributed by atoms with Gasteiger partial charge in [0.05, 0.1) is 0 Å². The molecule has 1 fully saturated rings. The summed E-state index contributed by atoms with van der Waals surface area (Å²) in [4.78, 5) is 12.3. The predicted molar refractivity (Wildman–Crippen MR) is 54.2 cm³/mol. The third kappa shape index (κ3) is 2.11. The van der Waals surface area contributed by atoms with Crippen molar-refractivity contribution in [2.24, 2.45) is 0 Å². The molecule has 0 spiro atoms. The third-order valence-corrected chi connectivity index (χ3v) is 8.01. The SMILES string of the molecule is CC[Si]([O])(CC)C1CCCCC1. The van der Waals surface area contributed by atoms with Gasteiger partial charge < -0.3 is 0 Å². The van der Waals surface area contributed by atoms with Crippen molar-refractivity contribution < 1.29 is 4.80 Å². The molecule has 0 bridgehead atoms. The Labute approximate surface area is 77.3 Å². The summed E-state index contributed by atoms with van der Waals surface area (Å²) < 4.78 is 0. The maximum Gasteiger partial charge on any atom is 0.239 e. The van der Waals surface area contributed by atoms with Crippen LogP contribution in [0, 0.1) is 0 Å². The van der Waals surface area contributed by atoms with E-state index in [0.717, 1.165) is 12.1 Å². The molecule has 0 unspecified atom stereocenters. The lowest BCUT2D eigenvalue weighted by Crippen LogP contribution is -2.37. The lowest BCUT2D eigenvalue weighted by molar-refractivity contribution is 0.363. The summed E-state index contributed by atoms with van der Waals surface area (Å²) >= 11 is 0. The minimum absolute atomic E-state index is 0.612.